The van der Waals surface area contributed by atoms with Gasteiger partial charge in [0.1, 0.15) is 17.2 Å². The zero-order valence-electron chi connectivity index (χ0n) is 19.8. The lowest BCUT2D eigenvalue weighted by Crippen LogP contribution is -2.35. The molecule has 0 aliphatic carbocycles. The number of aromatic amines is 1. The number of amides is 1. The summed E-state index contributed by atoms with van der Waals surface area (Å²) in [5.74, 6) is -0.807. The van der Waals surface area contributed by atoms with Gasteiger partial charge in [0.15, 0.2) is 0 Å². The Morgan fingerprint density at radius 1 is 1.16 bits per heavy atom. The molecule has 0 fully saturated rings. The quantitative estimate of drug-likeness (QED) is 0.256. The van der Waals surface area contributed by atoms with E-state index in [2.05, 4.69) is 25.9 Å². The van der Waals surface area contributed by atoms with Gasteiger partial charge in [-0.05, 0) is 43.7 Å². The number of rotatable bonds is 3. The highest BCUT2D eigenvalue weighted by molar-refractivity contribution is 6.08. The molecule has 188 valence electrons. The summed E-state index contributed by atoms with van der Waals surface area (Å²) in [4.78, 5) is 25.8. The number of carbonyl (C=O) groups is 1. The fourth-order valence-corrected chi connectivity index (χ4v) is 5.03. The van der Waals surface area contributed by atoms with Crippen LogP contribution < -0.4 is 16.0 Å². The highest BCUT2D eigenvalue weighted by Gasteiger charge is 2.33. The lowest BCUT2D eigenvalue weighted by atomic mass is 9.93. The molecule has 5 heterocycles. The van der Waals surface area contributed by atoms with Crippen LogP contribution in [0.4, 0.5) is 30.4 Å². The van der Waals surface area contributed by atoms with Gasteiger partial charge in [-0.15, -0.1) is 0 Å². The van der Waals surface area contributed by atoms with Gasteiger partial charge in [-0.1, -0.05) is 18.2 Å². The number of alkyl halides is 2. The van der Waals surface area contributed by atoms with Crippen molar-refractivity contribution in [2.75, 3.05) is 17.2 Å². The summed E-state index contributed by atoms with van der Waals surface area (Å²) in [6.45, 7) is 2.44. The number of halogens is 3. The molecule has 0 saturated heterocycles. The van der Waals surface area contributed by atoms with Crippen LogP contribution in [0, 0.1) is 5.82 Å². The first-order chi connectivity index (χ1) is 17.9. The number of nitrogens with zero attached hydrogens (tertiary/aromatic N) is 2. The zero-order chi connectivity index (χ0) is 25.7. The number of H-pyrrole nitrogens is 1. The first-order valence-electron chi connectivity index (χ1n) is 12.0. The summed E-state index contributed by atoms with van der Waals surface area (Å²) in [5.41, 5.74) is 2.72. The predicted octanol–water partition coefficient (Wildman–Crippen LogP) is 6.03. The highest BCUT2D eigenvalue weighted by Crippen LogP contribution is 2.43. The molecule has 6 rings (SSSR count). The van der Waals surface area contributed by atoms with Crippen molar-refractivity contribution in [1.82, 2.24) is 20.3 Å². The Morgan fingerprint density at radius 3 is 2.86 bits per heavy atom. The number of hydrogen-bond acceptors (Lipinski definition) is 5. The highest BCUT2D eigenvalue weighted by atomic mass is 19.3. The van der Waals surface area contributed by atoms with E-state index in [-0.39, 0.29) is 29.2 Å². The molecule has 1 amide bonds. The van der Waals surface area contributed by atoms with Gasteiger partial charge < -0.3 is 20.9 Å². The lowest BCUT2D eigenvalue weighted by molar-refractivity contribution is 0.0941. The zero-order valence-corrected chi connectivity index (χ0v) is 19.8. The van der Waals surface area contributed by atoms with Gasteiger partial charge in [-0.25, -0.2) is 18.2 Å². The van der Waals surface area contributed by atoms with Gasteiger partial charge >= 0.3 is 0 Å². The Bertz CT molecular complexity index is 1560. The molecule has 2 aliphatic heterocycles. The topological polar surface area (TPSA) is 94.7 Å². The van der Waals surface area contributed by atoms with Crippen LogP contribution in [0.2, 0.25) is 0 Å². The van der Waals surface area contributed by atoms with E-state index in [0.29, 0.717) is 52.3 Å². The third kappa shape index (κ3) is 3.98. The Hall–Kier alpha value is -4.34. The number of nitrogens with one attached hydrogen (secondary N) is 4. The SMILES string of the molecule is C[C@@H]1/C=C\CC2CNC(=O)c3c2[nH]c(c3Nc2cccc(F)c2C(F)F)-c2ccnc3ccc(nc23)N1. The molecule has 0 radical (unpaired) electrons. The molecule has 2 atom stereocenters. The molecule has 1 aromatic carbocycles. The predicted molar refractivity (Wildman–Crippen MR) is 136 cm³/mol. The molecule has 4 bridgehead atoms. The second-order valence-corrected chi connectivity index (χ2v) is 9.22. The number of allylic oxidation sites excluding steroid dienone is 1. The Kier molecular flexibility index (Phi) is 5.58. The fourth-order valence-electron chi connectivity index (χ4n) is 5.03. The van der Waals surface area contributed by atoms with Crippen molar-refractivity contribution < 1.29 is 18.0 Å². The van der Waals surface area contributed by atoms with Crippen LogP contribution in [-0.2, 0) is 0 Å². The van der Waals surface area contributed by atoms with Gasteiger partial charge in [-0.3, -0.25) is 9.78 Å². The average molecular weight is 505 g/mol. The third-order valence-electron chi connectivity index (χ3n) is 6.78. The smallest absolute Gasteiger partial charge is 0.268 e. The second-order valence-electron chi connectivity index (χ2n) is 9.22. The standard InChI is InChI=1S/C27H23F3N6O/c1-13-4-2-5-14-12-32-27(37)21-22(14)36-24(15-10-11-31-18-8-9-19(33-13)35-23(15)18)25(21)34-17-7-3-6-16(28)20(17)26(29)30/h2-4,6-11,13-14,26,34,36H,5,12H2,1H3,(H,32,37)(H,33,35)/b4-2-/t13-,14?/m1/s1. The minimum absolute atomic E-state index is 0.0137. The van der Waals surface area contributed by atoms with E-state index < -0.39 is 17.8 Å². The summed E-state index contributed by atoms with van der Waals surface area (Å²) in [5, 5.41) is 9.26. The molecule has 4 aromatic rings. The van der Waals surface area contributed by atoms with E-state index in [1.807, 2.05) is 31.2 Å². The maximum absolute atomic E-state index is 14.4. The summed E-state index contributed by atoms with van der Waals surface area (Å²) in [6, 6.07) is 9.18. The van der Waals surface area contributed by atoms with E-state index in [0.717, 1.165) is 6.07 Å². The molecule has 1 unspecified atom stereocenters. The first-order valence-corrected chi connectivity index (χ1v) is 12.0. The lowest BCUT2D eigenvalue weighted by Gasteiger charge is -2.23. The summed E-state index contributed by atoms with van der Waals surface area (Å²) in [7, 11) is 0. The van der Waals surface area contributed by atoms with Crippen LogP contribution in [0.15, 0.2) is 54.7 Å². The summed E-state index contributed by atoms with van der Waals surface area (Å²) < 4.78 is 42.1. The minimum atomic E-state index is -3.05. The number of anilines is 3. The third-order valence-corrected chi connectivity index (χ3v) is 6.78. The van der Waals surface area contributed by atoms with Crippen LogP contribution in [0.1, 0.15) is 47.3 Å². The molecule has 0 spiro atoms. The van der Waals surface area contributed by atoms with Crippen LogP contribution in [0.25, 0.3) is 22.3 Å². The monoisotopic (exact) mass is 504 g/mol. The maximum atomic E-state index is 14.4. The molecule has 3 aromatic heterocycles. The number of pyridine rings is 2. The normalized spacial score (nSPS) is 19.5. The van der Waals surface area contributed by atoms with Crippen LogP contribution in [-0.4, -0.2) is 33.4 Å². The van der Waals surface area contributed by atoms with Crippen molar-refractivity contribution in [2.45, 2.75) is 31.7 Å². The first kappa shape index (κ1) is 23.1. The Balaban J connectivity index is 1.64. The second kappa shape index (κ2) is 8.95. The fraction of sp³-hybridized carbons (Fsp3) is 0.222. The minimum Gasteiger partial charge on any atom is -0.364 e. The number of carbonyl (C=O) groups excluding carboxylic acids is 1. The molecule has 10 heteroatoms. The molecule has 4 N–H and O–H groups in total. The van der Waals surface area contributed by atoms with E-state index in [1.165, 1.54) is 12.1 Å². The van der Waals surface area contributed by atoms with Crippen LogP contribution in [0.3, 0.4) is 0 Å². The molecular formula is C27H23F3N6O. The van der Waals surface area contributed by atoms with Gasteiger partial charge in [0.2, 0.25) is 0 Å². The van der Waals surface area contributed by atoms with Crippen molar-refractivity contribution in [3.05, 3.63) is 77.4 Å². The molecule has 37 heavy (non-hydrogen) atoms. The van der Waals surface area contributed by atoms with Gasteiger partial charge in [0.05, 0.1) is 33.7 Å². The van der Waals surface area contributed by atoms with Crippen LogP contribution >= 0.6 is 0 Å². The van der Waals surface area contributed by atoms with E-state index in [4.69, 9.17) is 4.98 Å². The number of fused-ring (bicyclic) bond motifs is 3. The van der Waals surface area contributed by atoms with Gasteiger partial charge in [0.25, 0.3) is 12.3 Å². The summed E-state index contributed by atoms with van der Waals surface area (Å²) >= 11 is 0. The van der Waals surface area contributed by atoms with E-state index in [1.54, 1.807) is 12.3 Å². The largest absolute Gasteiger partial charge is 0.364 e. The number of hydrogen-bond donors (Lipinski definition) is 4. The Labute approximate surface area is 210 Å². The van der Waals surface area contributed by atoms with Crippen molar-refractivity contribution in [1.29, 1.82) is 0 Å². The molecule has 2 aliphatic rings. The number of benzene rings is 1. The Morgan fingerprint density at radius 2 is 2.03 bits per heavy atom. The van der Waals surface area contributed by atoms with E-state index >= 15 is 0 Å². The maximum Gasteiger partial charge on any atom is 0.268 e. The molecule has 7 nitrogen and oxygen atoms in total. The number of aromatic nitrogens is 3. The summed E-state index contributed by atoms with van der Waals surface area (Å²) in [6.07, 6.45) is 3.30. The van der Waals surface area contributed by atoms with Gasteiger partial charge in [0, 0.05) is 36.0 Å². The van der Waals surface area contributed by atoms with Crippen molar-refractivity contribution in [3.8, 4) is 11.3 Å². The van der Waals surface area contributed by atoms with Crippen molar-refractivity contribution in [2.24, 2.45) is 0 Å². The molecule has 0 saturated carbocycles. The van der Waals surface area contributed by atoms with Gasteiger partial charge in [-0.2, -0.15) is 0 Å². The van der Waals surface area contributed by atoms with E-state index in [9.17, 15) is 18.0 Å². The van der Waals surface area contributed by atoms with Crippen molar-refractivity contribution >= 4 is 34.1 Å². The van der Waals surface area contributed by atoms with Crippen molar-refractivity contribution in [3.63, 3.8) is 0 Å². The van der Waals surface area contributed by atoms with Crippen LogP contribution in [0.5, 0.6) is 0 Å². The average Bonchev–Trinajstić information content (AvgIpc) is 3.24. The molecular weight excluding hydrogens is 481 g/mol.